The number of piperazine rings is 1. The van der Waals surface area contributed by atoms with Gasteiger partial charge >= 0.3 is 0 Å². The summed E-state index contributed by atoms with van der Waals surface area (Å²) in [7, 11) is 0. The fraction of sp³-hybridized carbons (Fsp3) is 0.400. The molecule has 0 spiro atoms. The summed E-state index contributed by atoms with van der Waals surface area (Å²) >= 11 is 0. The van der Waals surface area contributed by atoms with Crippen LogP contribution in [0.1, 0.15) is 37.0 Å². The maximum atomic E-state index is 5.23. The molecule has 1 saturated heterocycles. The van der Waals surface area contributed by atoms with Gasteiger partial charge in [0.15, 0.2) is 0 Å². The van der Waals surface area contributed by atoms with E-state index in [9.17, 15) is 0 Å². The molecule has 2 heterocycles. The lowest BCUT2D eigenvalue weighted by atomic mass is 10.00. The lowest BCUT2D eigenvalue weighted by Crippen LogP contribution is -2.48. The molecule has 1 fully saturated rings. The molecule has 0 amide bonds. The summed E-state index contributed by atoms with van der Waals surface area (Å²) in [4.78, 5) is 10.2. The van der Waals surface area contributed by atoms with Gasteiger partial charge in [-0.2, -0.15) is 0 Å². The van der Waals surface area contributed by atoms with E-state index in [-0.39, 0.29) is 0 Å². The quantitative estimate of drug-likeness (QED) is 0.755. The van der Waals surface area contributed by atoms with E-state index in [1.54, 1.807) is 0 Å². The first kappa shape index (κ1) is 18.9. The van der Waals surface area contributed by atoms with Gasteiger partial charge in [-0.3, -0.25) is 0 Å². The average molecular weight is 374 g/mol. The lowest BCUT2D eigenvalue weighted by molar-refractivity contribution is 0.191. The molecule has 2 aliphatic rings. The third-order valence-corrected chi connectivity index (χ3v) is 5.88. The Balaban J connectivity index is 1.73. The van der Waals surface area contributed by atoms with Crippen molar-refractivity contribution in [2.45, 2.75) is 33.1 Å². The number of aliphatic imine (C=N–C) groups is 1. The van der Waals surface area contributed by atoms with Gasteiger partial charge in [-0.05, 0) is 42.1 Å². The molecule has 3 heteroatoms. The number of benzene rings is 2. The van der Waals surface area contributed by atoms with Crippen molar-refractivity contribution in [3.63, 3.8) is 0 Å². The van der Waals surface area contributed by atoms with Gasteiger partial charge in [0.05, 0.1) is 5.69 Å². The van der Waals surface area contributed by atoms with Gasteiger partial charge in [0.25, 0.3) is 0 Å². The molecule has 0 atom stereocenters. The van der Waals surface area contributed by atoms with Gasteiger partial charge in [0.2, 0.25) is 0 Å². The van der Waals surface area contributed by atoms with Crippen LogP contribution in [0.2, 0.25) is 0 Å². The van der Waals surface area contributed by atoms with Crippen molar-refractivity contribution in [2.24, 2.45) is 4.99 Å². The normalized spacial score (nSPS) is 17.6. The standard InChI is InChI=1S/C25H31N3/c1-3-8-20-11-14-24-22(19-20)12-13-23(21-9-6-5-7-10-21)25(26-24)28-17-15-27(4-2)16-18-28/h5-7,9-11,13-14,19H,3-4,8,12,15-18H2,1-2H3. The second kappa shape index (κ2) is 8.74. The number of amidine groups is 1. The highest BCUT2D eigenvalue weighted by molar-refractivity contribution is 6.23. The maximum Gasteiger partial charge on any atom is 0.136 e. The molecule has 0 aliphatic carbocycles. The third kappa shape index (κ3) is 4.05. The van der Waals surface area contributed by atoms with Crippen LogP contribution < -0.4 is 0 Å². The molecule has 4 rings (SSSR count). The molecule has 0 N–H and O–H groups in total. The highest BCUT2D eigenvalue weighted by Crippen LogP contribution is 2.31. The zero-order chi connectivity index (χ0) is 19.3. The van der Waals surface area contributed by atoms with Crippen LogP contribution in [0.5, 0.6) is 0 Å². The molecule has 3 nitrogen and oxygen atoms in total. The Labute approximate surface area is 169 Å². The van der Waals surface area contributed by atoms with E-state index in [1.165, 1.54) is 28.7 Å². The highest BCUT2D eigenvalue weighted by atomic mass is 15.3. The molecule has 28 heavy (non-hydrogen) atoms. The molecule has 0 bridgehead atoms. The summed E-state index contributed by atoms with van der Waals surface area (Å²) in [5.41, 5.74) is 6.45. The van der Waals surface area contributed by atoms with Gasteiger partial charge in [0, 0.05) is 31.8 Å². The summed E-state index contributed by atoms with van der Waals surface area (Å²) in [5.74, 6) is 1.14. The molecule has 2 aliphatic heterocycles. The van der Waals surface area contributed by atoms with Gasteiger partial charge in [-0.25, -0.2) is 4.99 Å². The van der Waals surface area contributed by atoms with Crippen LogP contribution >= 0.6 is 0 Å². The summed E-state index contributed by atoms with van der Waals surface area (Å²) in [6.45, 7) is 9.92. The largest absolute Gasteiger partial charge is 0.354 e. The fourth-order valence-electron chi connectivity index (χ4n) is 4.21. The van der Waals surface area contributed by atoms with Crippen LogP contribution in [0.25, 0.3) is 5.57 Å². The zero-order valence-electron chi connectivity index (χ0n) is 17.2. The van der Waals surface area contributed by atoms with Crippen molar-refractivity contribution in [2.75, 3.05) is 32.7 Å². The SMILES string of the molecule is CCCc1ccc2c(c1)CC=C(c1ccccc1)C(N1CCN(CC)CC1)=N2. The van der Waals surface area contributed by atoms with E-state index in [4.69, 9.17) is 4.99 Å². The second-order valence-electron chi connectivity index (χ2n) is 7.76. The van der Waals surface area contributed by atoms with Crippen molar-refractivity contribution < 1.29 is 0 Å². The number of aryl methyl sites for hydroxylation is 1. The number of hydrogen-bond acceptors (Lipinski definition) is 3. The Morgan fingerprint density at radius 3 is 2.43 bits per heavy atom. The first-order valence-electron chi connectivity index (χ1n) is 10.7. The maximum absolute atomic E-state index is 5.23. The van der Waals surface area contributed by atoms with Crippen molar-refractivity contribution >= 4 is 17.1 Å². The first-order chi connectivity index (χ1) is 13.8. The predicted octanol–water partition coefficient (Wildman–Crippen LogP) is 4.95. The molecule has 0 aromatic heterocycles. The zero-order valence-corrected chi connectivity index (χ0v) is 17.2. The first-order valence-corrected chi connectivity index (χ1v) is 10.7. The lowest BCUT2D eigenvalue weighted by Gasteiger charge is -2.36. The van der Waals surface area contributed by atoms with E-state index in [0.29, 0.717) is 0 Å². The van der Waals surface area contributed by atoms with Gasteiger partial charge in [-0.1, -0.05) is 68.8 Å². The molecule has 0 saturated carbocycles. The Hall–Kier alpha value is -2.39. The summed E-state index contributed by atoms with van der Waals surface area (Å²) in [6, 6.07) is 17.6. The van der Waals surface area contributed by atoms with Crippen LogP contribution in [0, 0.1) is 0 Å². The summed E-state index contributed by atoms with van der Waals surface area (Å²) in [5, 5.41) is 0. The third-order valence-electron chi connectivity index (χ3n) is 5.88. The minimum Gasteiger partial charge on any atom is -0.354 e. The van der Waals surface area contributed by atoms with E-state index in [0.717, 1.165) is 57.1 Å². The summed E-state index contributed by atoms with van der Waals surface area (Å²) < 4.78 is 0. The van der Waals surface area contributed by atoms with Crippen LogP contribution in [0.4, 0.5) is 5.69 Å². The topological polar surface area (TPSA) is 18.8 Å². The predicted molar refractivity (Wildman–Crippen MR) is 119 cm³/mol. The molecule has 2 aromatic rings. The number of allylic oxidation sites excluding steroid dienone is 1. The van der Waals surface area contributed by atoms with Gasteiger partial charge in [0.1, 0.15) is 5.84 Å². The molecule has 0 unspecified atom stereocenters. The number of hydrogen-bond donors (Lipinski definition) is 0. The van der Waals surface area contributed by atoms with Crippen molar-refractivity contribution in [3.05, 3.63) is 71.3 Å². The fourth-order valence-corrected chi connectivity index (χ4v) is 4.21. The van der Waals surface area contributed by atoms with Crippen molar-refractivity contribution in [1.29, 1.82) is 0 Å². The van der Waals surface area contributed by atoms with E-state index in [1.807, 2.05) is 0 Å². The molecule has 146 valence electrons. The van der Waals surface area contributed by atoms with Crippen LogP contribution in [0.15, 0.2) is 59.6 Å². The van der Waals surface area contributed by atoms with Crippen molar-refractivity contribution in [3.8, 4) is 0 Å². The Morgan fingerprint density at radius 1 is 0.929 bits per heavy atom. The minimum absolute atomic E-state index is 0.943. The molecular formula is C25H31N3. The van der Waals surface area contributed by atoms with E-state index < -0.39 is 0 Å². The number of nitrogens with zero attached hydrogens (tertiary/aromatic N) is 3. The smallest absolute Gasteiger partial charge is 0.136 e. The average Bonchev–Trinajstić information content (AvgIpc) is 2.94. The molecule has 0 radical (unpaired) electrons. The second-order valence-corrected chi connectivity index (χ2v) is 7.76. The van der Waals surface area contributed by atoms with E-state index in [2.05, 4.69) is 78.3 Å². The number of fused-ring (bicyclic) bond motifs is 1. The minimum atomic E-state index is 0.943. The number of likely N-dealkylation sites (N-methyl/N-ethyl adjacent to an activating group) is 1. The molecule has 2 aromatic carbocycles. The Kier molecular flexibility index (Phi) is 5.92. The van der Waals surface area contributed by atoms with Crippen LogP contribution in [0.3, 0.4) is 0 Å². The van der Waals surface area contributed by atoms with Gasteiger partial charge in [-0.15, -0.1) is 0 Å². The van der Waals surface area contributed by atoms with E-state index >= 15 is 0 Å². The van der Waals surface area contributed by atoms with Crippen molar-refractivity contribution in [1.82, 2.24) is 9.80 Å². The Morgan fingerprint density at radius 2 is 1.71 bits per heavy atom. The summed E-state index contributed by atoms with van der Waals surface area (Å²) in [6.07, 6.45) is 5.65. The van der Waals surface area contributed by atoms with Crippen LogP contribution in [-0.4, -0.2) is 48.4 Å². The van der Waals surface area contributed by atoms with Gasteiger partial charge < -0.3 is 9.80 Å². The highest BCUT2D eigenvalue weighted by Gasteiger charge is 2.24. The van der Waals surface area contributed by atoms with Crippen LogP contribution in [-0.2, 0) is 12.8 Å². The monoisotopic (exact) mass is 373 g/mol. The molecular weight excluding hydrogens is 342 g/mol. The number of rotatable bonds is 4. The Bertz CT molecular complexity index is 859.